The summed E-state index contributed by atoms with van der Waals surface area (Å²) in [5, 5.41) is 10.7. The van der Waals surface area contributed by atoms with Crippen molar-refractivity contribution in [1.29, 1.82) is 0 Å². The number of esters is 1. The summed E-state index contributed by atoms with van der Waals surface area (Å²) >= 11 is 1.66. The molecule has 39 heavy (non-hydrogen) atoms. The zero-order valence-electron chi connectivity index (χ0n) is 23.5. The van der Waals surface area contributed by atoms with Crippen molar-refractivity contribution in [2.75, 3.05) is 20.8 Å². The third-order valence-corrected chi connectivity index (χ3v) is 10.5. The fraction of sp³-hybridized carbons (Fsp3) is 0.767. The van der Waals surface area contributed by atoms with Gasteiger partial charge in [-0.2, -0.15) is 0 Å². The standard InChI is InChI=1S/C30H43NO7S/c1-5-17-9-7-6-8-16(2)28(33)22-12-20-19-10-18(38-30(34)24(36-4)14-35-3)11-23(19)29-27(31-15-39-29)26(20)21(22)13-25(32)37-17/h12,15-21,23-24,26,30,34H,5-11,13-14H2,1-4H3/t16-,17+,18+,19+,20?,21-,23?,24+,26-,30?/m1/s1. The Kier molecular flexibility index (Phi) is 9.23. The number of aliphatic hydroxyl groups is 1. The molecule has 9 heteroatoms. The van der Waals surface area contributed by atoms with Gasteiger partial charge in [0.25, 0.3) is 0 Å². The molecule has 1 aromatic heterocycles. The lowest BCUT2D eigenvalue weighted by Gasteiger charge is -2.37. The quantitative estimate of drug-likeness (QED) is 0.375. The highest BCUT2D eigenvalue weighted by atomic mass is 32.1. The second kappa shape index (κ2) is 12.5. The Morgan fingerprint density at radius 3 is 2.72 bits per heavy atom. The first-order chi connectivity index (χ1) is 18.9. The second-order valence-corrected chi connectivity index (χ2v) is 12.7. The molecule has 216 valence electrons. The highest BCUT2D eigenvalue weighted by Gasteiger charge is 2.55. The van der Waals surface area contributed by atoms with Crippen LogP contribution in [0.2, 0.25) is 0 Å². The summed E-state index contributed by atoms with van der Waals surface area (Å²) in [6, 6.07) is 0. The highest BCUT2D eigenvalue weighted by molar-refractivity contribution is 7.09. The van der Waals surface area contributed by atoms with E-state index in [-0.39, 0.29) is 72.5 Å². The van der Waals surface area contributed by atoms with Gasteiger partial charge in [-0.3, -0.25) is 9.59 Å². The summed E-state index contributed by atoms with van der Waals surface area (Å²) in [6.07, 6.45) is 6.52. The van der Waals surface area contributed by atoms with Crippen LogP contribution in [0.15, 0.2) is 17.2 Å². The molecule has 8 nitrogen and oxygen atoms in total. The van der Waals surface area contributed by atoms with Crippen LogP contribution in [0.25, 0.3) is 0 Å². The van der Waals surface area contributed by atoms with Gasteiger partial charge in [-0.1, -0.05) is 26.3 Å². The average Bonchev–Trinajstić information content (AvgIpc) is 3.64. The fourth-order valence-corrected chi connectivity index (χ4v) is 8.56. The predicted octanol–water partition coefficient (Wildman–Crippen LogP) is 4.76. The van der Waals surface area contributed by atoms with E-state index in [1.54, 1.807) is 18.4 Å². The number of ketones is 1. The number of cyclic esters (lactones) is 1. The molecule has 3 unspecified atom stereocenters. The van der Waals surface area contributed by atoms with Crippen molar-refractivity contribution in [1.82, 2.24) is 4.98 Å². The number of carbonyl (C=O) groups is 2. The summed E-state index contributed by atoms with van der Waals surface area (Å²) in [5.74, 6) is 0.257. The maximum absolute atomic E-state index is 13.8. The third-order valence-electron chi connectivity index (χ3n) is 9.53. The number of carbonyl (C=O) groups excluding carboxylic acids is 2. The van der Waals surface area contributed by atoms with Crippen molar-refractivity contribution in [3.05, 3.63) is 27.7 Å². The van der Waals surface area contributed by atoms with Crippen LogP contribution in [-0.2, 0) is 28.5 Å². The van der Waals surface area contributed by atoms with Crippen LogP contribution >= 0.6 is 11.3 Å². The number of ether oxygens (including phenoxy) is 4. The van der Waals surface area contributed by atoms with E-state index in [0.29, 0.717) is 0 Å². The molecule has 2 fully saturated rings. The first-order valence-corrected chi connectivity index (χ1v) is 15.5. The van der Waals surface area contributed by atoms with E-state index >= 15 is 0 Å². The van der Waals surface area contributed by atoms with Crippen molar-refractivity contribution in [2.45, 2.75) is 102 Å². The molecule has 1 N–H and O–H groups in total. The Bertz CT molecular complexity index is 1060. The van der Waals surface area contributed by atoms with Crippen molar-refractivity contribution in [3.8, 4) is 0 Å². The van der Waals surface area contributed by atoms with Crippen molar-refractivity contribution in [3.63, 3.8) is 0 Å². The second-order valence-electron chi connectivity index (χ2n) is 11.8. The van der Waals surface area contributed by atoms with Gasteiger partial charge in [-0.15, -0.1) is 11.3 Å². The molecule has 0 radical (unpaired) electrons. The molecule has 5 rings (SSSR count). The minimum Gasteiger partial charge on any atom is -0.462 e. The topological polar surface area (TPSA) is 104 Å². The summed E-state index contributed by atoms with van der Waals surface area (Å²) < 4.78 is 22.6. The van der Waals surface area contributed by atoms with E-state index in [9.17, 15) is 14.7 Å². The first kappa shape index (κ1) is 28.9. The van der Waals surface area contributed by atoms with Gasteiger partial charge in [0.1, 0.15) is 12.2 Å². The summed E-state index contributed by atoms with van der Waals surface area (Å²) in [6.45, 7) is 4.34. The maximum atomic E-state index is 13.8. The molecule has 0 aromatic carbocycles. The van der Waals surface area contributed by atoms with Crippen LogP contribution in [0.5, 0.6) is 0 Å². The molecule has 1 saturated carbocycles. The monoisotopic (exact) mass is 561 g/mol. The number of Topliss-reactive ketones (excluding diaryl/α,β-unsaturated/α-hetero) is 1. The molecule has 0 spiro atoms. The van der Waals surface area contributed by atoms with E-state index in [2.05, 4.69) is 13.0 Å². The molecule has 2 heterocycles. The number of rotatable bonds is 7. The Labute approximate surface area is 235 Å². The largest absolute Gasteiger partial charge is 0.462 e. The summed E-state index contributed by atoms with van der Waals surface area (Å²) in [7, 11) is 3.11. The fourth-order valence-electron chi connectivity index (χ4n) is 7.53. The predicted molar refractivity (Wildman–Crippen MR) is 146 cm³/mol. The van der Waals surface area contributed by atoms with E-state index in [4.69, 9.17) is 23.9 Å². The van der Waals surface area contributed by atoms with Crippen LogP contribution in [-0.4, -0.2) is 67.3 Å². The van der Waals surface area contributed by atoms with Crippen molar-refractivity contribution in [2.24, 2.45) is 23.7 Å². The zero-order valence-corrected chi connectivity index (χ0v) is 24.4. The number of hydrogen-bond acceptors (Lipinski definition) is 9. The van der Waals surface area contributed by atoms with Crippen LogP contribution in [0.4, 0.5) is 0 Å². The van der Waals surface area contributed by atoms with Crippen LogP contribution in [0.3, 0.4) is 0 Å². The summed E-state index contributed by atoms with van der Waals surface area (Å²) in [4.78, 5) is 33.1. The van der Waals surface area contributed by atoms with Gasteiger partial charge in [0.2, 0.25) is 0 Å². The normalized spacial score (nSPS) is 36.4. The molecule has 0 bridgehead atoms. The lowest BCUT2D eigenvalue weighted by atomic mass is 9.67. The molecule has 1 aromatic rings. The van der Waals surface area contributed by atoms with Crippen LogP contribution in [0.1, 0.15) is 87.6 Å². The van der Waals surface area contributed by atoms with Gasteiger partial charge in [-0.25, -0.2) is 4.98 Å². The molecule has 1 aliphatic heterocycles. The molecular formula is C30H43NO7S. The van der Waals surface area contributed by atoms with Crippen molar-refractivity contribution < 1.29 is 33.6 Å². The smallest absolute Gasteiger partial charge is 0.306 e. The van der Waals surface area contributed by atoms with E-state index in [1.165, 1.54) is 12.0 Å². The molecule has 0 amide bonds. The number of nitrogens with zero attached hydrogens (tertiary/aromatic N) is 1. The number of allylic oxidation sites excluding steroid dienone is 2. The van der Waals surface area contributed by atoms with Gasteiger partial charge in [0.05, 0.1) is 30.3 Å². The molecule has 10 atom stereocenters. The minimum atomic E-state index is -1.09. The average molecular weight is 562 g/mol. The van der Waals surface area contributed by atoms with Gasteiger partial charge in [0, 0.05) is 42.8 Å². The number of fused-ring (bicyclic) bond motifs is 8. The van der Waals surface area contributed by atoms with Gasteiger partial charge in [-0.05, 0) is 55.9 Å². The lowest BCUT2D eigenvalue weighted by Crippen LogP contribution is -2.36. The molecule has 4 aliphatic rings. The lowest BCUT2D eigenvalue weighted by molar-refractivity contribution is -0.204. The van der Waals surface area contributed by atoms with Crippen LogP contribution in [0, 0.1) is 23.7 Å². The molecule has 1 saturated heterocycles. The number of methoxy groups -OCH3 is 2. The Morgan fingerprint density at radius 2 is 1.97 bits per heavy atom. The number of aliphatic hydroxyl groups excluding tert-OH is 1. The minimum absolute atomic E-state index is 0.0156. The van der Waals surface area contributed by atoms with E-state index in [1.807, 2.05) is 12.4 Å². The SMILES string of the molecule is CC[C@H]1CCCC[C@@H](C)C(=O)C2=CC3[C@@H]4C[C@H](OC(O)[C@H](COC)OC)CC4c4scnc4[C@H]3[C@@H]2CC(=O)O1. The number of hydrogen-bond donors (Lipinski definition) is 1. The summed E-state index contributed by atoms with van der Waals surface area (Å²) in [5.41, 5.74) is 3.73. The Morgan fingerprint density at radius 1 is 1.18 bits per heavy atom. The highest BCUT2D eigenvalue weighted by Crippen LogP contribution is 2.61. The van der Waals surface area contributed by atoms with Crippen molar-refractivity contribution >= 4 is 23.1 Å². The molecule has 3 aliphatic carbocycles. The van der Waals surface area contributed by atoms with Crippen LogP contribution < -0.4 is 0 Å². The first-order valence-electron chi connectivity index (χ1n) is 14.6. The van der Waals surface area contributed by atoms with Gasteiger partial charge in [0.15, 0.2) is 12.1 Å². The maximum Gasteiger partial charge on any atom is 0.306 e. The zero-order chi connectivity index (χ0) is 27.7. The van der Waals surface area contributed by atoms with E-state index < -0.39 is 12.4 Å². The third kappa shape index (κ3) is 5.75. The van der Waals surface area contributed by atoms with Gasteiger partial charge >= 0.3 is 5.97 Å². The Hall–Kier alpha value is -1.65. The number of thiazole rings is 1. The Balaban J connectivity index is 1.44. The number of aromatic nitrogens is 1. The molecular weight excluding hydrogens is 518 g/mol. The van der Waals surface area contributed by atoms with E-state index in [0.717, 1.165) is 56.2 Å². The van der Waals surface area contributed by atoms with Gasteiger partial charge < -0.3 is 24.1 Å².